The Hall–Kier alpha value is -1.89. The maximum absolute atomic E-state index is 13.5. The second kappa shape index (κ2) is 6.62. The molecule has 3 aromatic rings. The Balaban J connectivity index is 1.93. The van der Waals surface area contributed by atoms with Crippen LogP contribution in [-0.2, 0) is 12.6 Å². The average Bonchev–Trinajstić information content (AvgIpc) is 3.19. The van der Waals surface area contributed by atoms with Gasteiger partial charge >= 0.3 is 6.18 Å². The second-order valence-corrected chi connectivity index (χ2v) is 7.30. The Morgan fingerprint density at radius 1 is 1.00 bits per heavy atom. The molecule has 1 aliphatic heterocycles. The van der Waals surface area contributed by atoms with Crippen molar-refractivity contribution in [2.24, 2.45) is 0 Å². The summed E-state index contributed by atoms with van der Waals surface area (Å²) in [6, 6.07) is 8.66. The standard InChI is InChI=1S/C18H11Cl3F3N3/c19-10-2-4-15(12(8-10)18(22,23)24)27-17-11(5-6-25-17)16(26-27)9-1-3-13(20)14(21)7-9/h1-4,7-8,25H,5-6H2. The molecule has 27 heavy (non-hydrogen) atoms. The van der Waals surface area contributed by atoms with Crippen molar-refractivity contribution >= 4 is 40.6 Å². The minimum Gasteiger partial charge on any atom is -0.369 e. The average molecular weight is 433 g/mol. The highest BCUT2D eigenvalue weighted by Crippen LogP contribution is 2.40. The molecule has 1 aliphatic rings. The van der Waals surface area contributed by atoms with Gasteiger partial charge in [-0.3, -0.25) is 0 Å². The molecular weight excluding hydrogens is 422 g/mol. The largest absolute Gasteiger partial charge is 0.418 e. The number of halogens is 6. The van der Waals surface area contributed by atoms with Crippen molar-refractivity contribution in [3.8, 4) is 16.9 Å². The first-order chi connectivity index (χ1) is 12.8. The number of benzene rings is 2. The van der Waals surface area contributed by atoms with Gasteiger partial charge in [0.2, 0.25) is 0 Å². The Morgan fingerprint density at radius 3 is 2.48 bits per heavy atom. The van der Waals surface area contributed by atoms with Gasteiger partial charge in [-0.15, -0.1) is 0 Å². The van der Waals surface area contributed by atoms with Crippen molar-refractivity contribution in [3.05, 3.63) is 62.6 Å². The summed E-state index contributed by atoms with van der Waals surface area (Å²) in [5.41, 5.74) is 1.14. The van der Waals surface area contributed by atoms with Gasteiger partial charge in [-0.05, 0) is 36.8 Å². The number of nitrogens with zero attached hydrogens (tertiary/aromatic N) is 2. The lowest BCUT2D eigenvalue weighted by atomic mass is 10.1. The van der Waals surface area contributed by atoms with Gasteiger partial charge in [0.05, 0.1) is 27.0 Å². The van der Waals surface area contributed by atoms with Gasteiger partial charge in [-0.2, -0.15) is 18.3 Å². The lowest BCUT2D eigenvalue weighted by Gasteiger charge is -2.15. The summed E-state index contributed by atoms with van der Waals surface area (Å²) in [4.78, 5) is 0. The Labute approximate surface area is 167 Å². The second-order valence-electron chi connectivity index (χ2n) is 6.05. The van der Waals surface area contributed by atoms with Crippen LogP contribution in [0.1, 0.15) is 11.1 Å². The summed E-state index contributed by atoms with van der Waals surface area (Å²) in [6.45, 7) is 0.608. The number of aromatic nitrogens is 2. The van der Waals surface area contributed by atoms with E-state index in [0.29, 0.717) is 40.1 Å². The SMILES string of the molecule is FC(F)(F)c1cc(Cl)ccc1-n1nc(-c2ccc(Cl)c(Cl)c2)c2c1NCC2. The number of nitrogens with one attached hydrogen (secondary N) is 1. The molecule has 0 spiro atoms. The van der Waals surface area contributed by atoms with Crippen LogP contribution in [0.15, 0.2) is 36.4 Å². The van der Waals surface area contributed by atoms with Crippen molar-refractivity contribution in [2.45, 2.75) is 12.6 Å². The highest BCUT2D eigenvalue weighted by molar-refractivity contribution is 6.42. The molecule has 4 rings (SSSR count). The summed E-state index contributed by atoms with van der Waals surface area (Å²) < 4.78 is 41.9. The molecule has 0 unspecified atom stereocenters. The Bertz CT molecular complexity index is 1040. The molecule has 0 atom stereocenters. The van der Waals surface area contributed by atoms with Gasteiger partial charge < -0.3 is 5.32 Å². The van der Waals surface area contributed by atoms with Gasteiger partial charge in [0.15, 0.2) is 0 Å². The zero-order valence-electron chi connectivity index (χ0n) is 13.5. The Kier molecular flexibility index (Phi) is 4.53. The van der Waals surface area contributed by atoms with Gasteiger partial charge in [-0.1, -0.05) is 40.9 Å². The van der Waals surface area contributed by atoms with E-state index in [4.69, 9.17) is 34.8 Å². The topological polar surface area (TPSA) is 29.9 Å². The van der Waals surface area contributed by atoms with Crippen molar-refractivity contribution in [1.29, 1.82) is 0 Å². The predicted molar refractivity (Wildman–Crippen MR) is 101 cm³/mol. The maximum Gasteiger partial charge on any atom is 0.418 e. The van der Waals surface area contributed by atoms with Gasteiger partial charge in [-0.25, -0.2) is 4.68 Å². The first kappa shape index (κ1) is 18.5. The van der Waals surface area contributed by atoms with Crippen molar-refractivity contribution in [1.82, 2.24) is 9.78 Å². The number of hydrogen-bond acceptors (Lipinski definition) is 2. The van der Waals surface area contributed by atoms with Gasteiger partial charge in [0.25, 0.3) is 0 Å². The number of hydrogen-bond donors (Lipinski definition) is 1. The summed E-state index contributed by atoms with van der Waals surface area (Å²) in [7, 11) is 0. The number of rotatable bonds is 2. The molecule has 3 nitrogen and oxygen atoms in total. The van der Waals surface area contributed by atoms with Crippen LogP contribution in [0.25, 0.3) is 16.9 Å². The van der Waals surface area contributed by atoms with Crippen LogP contribution in [-0.4, -0.2) is 16.3 Å². The molecule has 0 fully saturated rings. The summed E-state index contributed by atoms with van der Waals surface area (Å²) >= 11 is 17.8. The number of anilines is 1. The molecule has 9 heteroatoms. The van der Waals surface area contributed by atoms with Crippen LogP contribution in [0.2, 0.25) is 15.1 Å². The Morgan fingerprint density at radius 2 is 1.78 bits per heavy atom. The summed E-state index contributed by atoms with van der Waals surface area (Å²) in [5, 5.41) is 8.33. The van der Waals surface area contributed by atoms with Crippen molar-refractivity contribution in [2.75, 3.05) is 11.9 Å². The third-order valence-corrected chi connectivity index (χ3v) is 5.31. The monoisotopic (exact) mass is 431 g/mol. The van der Waals surface area contributed by atoms with Crippen LogP contribution in [0, 0.1) is 0 Å². The minimum absolute atomic E-state index is 0.00698. The lowest BCUT2D eigenvalue weighted by molar-refractivity contribution is -0.137. The van der Waals surface area contributed by atoms with Crippen molar-refractivity contribution in [3.63, 3.8) is 0 Å². The van der Waals surface area contributed by atoms with Gasteiger partial charge in [0, 0.05) is 22.7 Å². The molecule has 0 aliphatic carbocycles. The molecule has 140 valence electrons. The van der Waals surface area contributed by atoms with E-state index in [1.165, 1.54) is 16.8 Å². The third-order valence-electron chi connectivity index (χ3n) is 4.34. The van der Waals surface area contributed by atoms with E-state index in [0.717, 1.165) is 11.6 Å². The fraction of sp³-hybridized carbons (Fsp3) is 0.167. The molecule has 2 aromatic carbocycles. The summed E-state index contributed by atoms with van der Waals surface area (Å²) in [5.74, 6) is 0.531. The molecule has 2 heterocycles. The first-order valence-electron chi connectivity index (χ1n) is 7.94. The van der Waals surface area contributed by atoms with Crippen LogP contribution >= 0.6 is 34.8 Å². The fourth-order valence-corrected chi connectivity index (χ4v) is 3.61. The maximum atomic E-state index is 13.5. The van der Waals surface area contributed by atoms with E-state index < -0.39 is 11.7 Å². The molecule has 0 saturated heterocycles. The van der Waals surface area contributed by atoms with Gasteiger partial charge in [0.1, 0.15) is 5.82 Å². The molecule has 0 bridgehead atoms. The van der Waals surface area contributed by atoms with E-state index >= 15 is 0 Å². The minimum atomic E-state index is -4.57. The van der Waals surface area contributed by atoms with Crippen LogP contribution < -0.4 is 5.32 Å². The number of alkyl halides is 3. The molecule has 1 aromatic heterocycles. The molecule has 0 amide bonds. The molecular formula is C18H11Cl3F3N3. The highest BCUT2D eigenvalue weighted by Gasteiger charge is 2.36. The number of fused-ring (bicyclic) bond motifs is 1. The zero-order valence-corrected chi connectivity index (χ0v) is 15.8. The third kappa shape index (κ3) is 3.26. The van der Waals surface area contributed by atoms with Crippen LogP contribution in [0.5, 0.6) is 0 Å². The van der Waals surface area contributed by atoms with E-state index in [1.54, 1.807) is 18.2 Å². The smallest absolute Gasteiger partial charge is 0.369 e. The van der Waals surface area contributed by atoms with E-state index in [1.807, 2.05) is 0 Å². The molecule has 1 N–H and O–H groups in total. The quantitative estimate of drug-likeness (QED) is 0.502. The van der Waals surface area contributed by atoms with E-state index in [-0.39, 0.29) is 10.7 Å². The highest BCUT2D eigenvalue weighted by atomic mass is 35.5. The lowest BCUT2D eigenvalue weighted by Crippen LogP contribution is -2.13. The van der Waals surface area contributed by atoms with E-state index in [2.05, 4.69) is 10.4 Å². The molecule has 0 saturated carbocycles. The zero-order chi connectivity index (χ0) is 19.3. The van der Waals surface area contributed by atoms with Crippen LogP contribution in [0.3, 0.4) is 0 Å². The first-order valence-corrected chi connectivity index (χ1v) is 9.07. The predicted octanol–water partition coefficient (Wildman–Crippen LogP) is 6.49. The normalized spacial score (nSPS) is 13.6. The van der Waals surface area contributed by atoms with E-state index in [9.17, 15) is 13.2 Å². The van der Waals surface area contributed by atoms with Crippen molar-refractivity contribution < 1.29 is 13.2 Å². The molecule has 0 radical (unpaired) electrons. The van der Waals surface area contributed by atoms with Crippen LogP contribution in [0.4, 0.5) is 19.0 Å². The fourth-order valence-electron chi connectivity index (χ4n) is 3.14. The summed E-state index contributed by atoms with van der Waals surface area (Å²) in [6.07, 6.45) is -3.93.